The maximum Gasteiger partial charge on any atom is 0.0507 e. The third-order valence-corrected chi connectivity index (χ3v) is 1.16. The van der Waals surface area contributed by atoms with Gasteiger partial charge in [0.15, 0.2) is 0 Å². The summed E-state index contributed by atoms with van der Waals surface area (Å²) in [6, 6.07) is 0. The number of rotatable bonds is 2. The van der Waals surface area contributed by atoms with Gasteiger partial charge in [0.25, 0.3) is 0 Å². The number of nitrogens with zero attached hydrogens (tertiary/aromatic N) is 3. The van der Waals surface area contributed by atoms with E-state index >= 15 is 0 Å². The van der Waals surface area contributed by atoms with Gasteiger partial charge in [-0.1, -0.05) is 23.3 Å². The highest BCUT2D eigenvalue weighted by Gasteiger charge is 1.92. The van der Waals surface area contributed by atoms with Crippen LogP contribution in [0.1, 0.15) is 6.42 Å². The van der Waals surface area contributed by atoms with E-state index in [1.54, 1.807) is 0 Å². The quantitative estimate of drug-likeness (QED) is 0.305. The highest BCUT2D eigenvalue weighted by Crippen LogP contribution is 2.08. The van der Waals surface area contributed by atoms with E-state index in [0.29, 0.717) is 6.54 Å². The van der Waals surface area contributed by atoms with E-state index in [4.69, 9.17) is 5.53 Å². The molecule has 0 aromatic carbocycles. The second kappa shape index (κ2) is 2.95. The Labute approximate surface area is 53.3 Å². The topological polar surface area (TPSA) is 48.8 Å². The van der Waals surface area contributed by atoms with E-state index in [0.717, 1.165) is 12.0 Å². The smallest absolute Gasteiger partial charge is 0.0507 e. The van der Waals surface area contributed by atoms with Gasteiger partial charge in [-0.05, 0) is 17.5 Å². The molecule has 0 aromatic heterocycles. The van der Waals surface area contributed by atoms with Gasteiger partial charge in [0.1, 0.15) is 0 Å². The summed E-state index contributed by atoms with van der Waals surface area (Å²) in [4.78, 5) is 2.65. The van der Waals surface area contributed by atoms with Crippen molar-refractivity contribution in [3.63, 3.8) is 0 Å². The molecule has 0 amide bonds. The highest BCUT2D eigenvalue weighted by molar-refractivity contribution is 5.27. The minimum absolute atomic E-state index is 0.493. The molecule has 0 atom stereocenters. The first-order valence-corrected chi connectivity index (χ1v) is 2.80. The third kappa shape index (κ3) is 1.63. The maximum atomic E-state index is 7.93. The highest BCUT2D eigenvalue weighted by atomic mass is 15.1. The Balaban J connectivity index is 2.44. The van der Waals surface area contributed by atoms with Crippen LogP contribution in [-0.4, -0.2) is 6.54 Å². The second-order valence-electron chi connectivity index (χ2n) is 1.81. The van der Waals surface area contributed by atoms with Crippen molar-refractivity contribution >= 4 is 0 Å². The van der Waals surface area contributed by atoms with Gasteiger partial charge in [0.05, 0.1) is 6.54 Å². The fourth-order valence-electron chi connectivity index (χ4n) is 0.737. The van der Waals surface area contributed by atoms with Crippen LogP contribution in [0.4, 0.5) is 0 Å². The zero-order valence-electron chi connectivity index (χ0n) is 4.99. The summed E-state index contributed by atoms with van der Waals surface area (Å²) in [5, 5.41) is 3.41. The monoisotopic (exact) mass is 121 g/mol. The lowest BCUT2D eigenvalue weighted by Crippen LogP contribution is -1.77. The Hall–Kier alpha value is -1.21. The molecule has 0 saturated heterocycles. The molecule has 0 unspecified atom stereocenters. The van der Waals surface area contributed by atoms with Gasteiger partial charge >= 0.3 is 0 Å². The Morgan fingerprint density at radius 3 is 3.22 bits per heavy atom. The summed E-state index contributed by atoms with van der Waals surface area (Å²) in [6.45, 7) is 0.493. The molecule has 0 spiro atoms. The largest absolute Gasteiger partial charge is 0.0893 e. The van der Waals surface area contributed by atoms with Crippen LogP contribution in [0.15, 0.2) is 28.9 Å². The van der Waals surface area contributed by atoms with E-state index in [2.05, 4.69) is 16.1 Å². The van der Waals surface area contributed by atoms with Crippen molar-refractivity contribution in [1.82, 2.24) is 0 Å². The molecule has 46 valence electrons. The molecule has 0 aromatic rings. The van der Waals surface area contributed by atoms with Gasteiger partial charge < -0.3 is 0 Å². The number of azide groups is 1. The molecule has 1 aliphatic rings. The Kier molecular flexibility index (Phi) is 1.94. The van der Waals surface area contributed by atoms with Gasteiger partial charge in [0, 0.05) is 4.91 Å². The van der Waals surface area contributed by atoms with Crippen molar-refractivity contribution in [3.05, 3.63) is 34.2 Å². The first kappa shape index (κ1) is 5.92. The van der Waals surface area contributed by atoms with Gasteiger partial charge in [-0.15, -0.1) is 0 Å². The van der Waals surface area contributed by atoms with E-state index in [-0.39, 0.29) is 0 Å². The normalized spacial score (nSPS) is 14.9. The van der Waals surface area contributed by atoms with Gasteiger partial charge in [-0.2, -0.15) is 0 Å². The zero-order chi connectivity index (χ0) is 6.53. The van der Waals surface area contributed by atoms with Gasteiger partial charge in [0.2, 0.25) is 0 Å². The molecule has 0 bridgehead atoms. The van der Waals surface area contributed by atoms with E-state index < -0.39 is 0 Å². The first-order valence-electron chi connectivity index (χ1n) is 2.80. The average Bonchev–Trinajstić information content (AvgIpc) is 2.34. The summed E-state index contributed by atoms with van der Waals surface area (Å²) in [5.41, 5.74) is 9.05. The molecule has 0 heterocycles. The molecule has 0 N–H and O–H groups in total. The van der Waals surface area contributed by atoms with Crippen LogP contribution in [0.5, 0.6) is 0 Å². The van der Waals surface area contributed by atoms with Crippen LogP contribution in [0.2, 0.25) is 0 Å². The number of hydrogen-bond donors (Lipinski definition) is 0. The van der Waals surface area contributed by atoms with Gasteiger partial charge in [-0.3, -0.25) is 0 Å². The lowest BCUT2D eigenvalue weighted by atomic mass is 10.3. The molecule has 3 heteroatoms. The molecular formula is C6H7N3. The SMILES string of the molecule is [N-]=[N+]=NCC1=CCC=C1. The van der Waals surface area contributed by atoms with Crippen molar-refractivity contribution in [2.45, 2.75) is 6.42 Å². The van der Waals surface area contributed by atoms with Crippen LogP contribution in [0.3, 0.4) is 0 Å². The molecule has 0 saturated carbocycles. The lowest BCUT2D eigenvalue weighted by molar-refractivity contribution is 1.16. The molecule has 9 heavy (non-hydrogen) atoms. The number of allylic oxidation sites excluding steroid dienone is 2. The van der Waals surface area contributed by atoms with Crippen molar-refractivity contribution in [2.75, 3.05) is 6.54 Å². The van der Waals surface area contributed by atoms with E-state index in [1.165, 1.54) is 0 Å². The van der Waals surface area contributed by atoms with E-state index in [9.17, 15) is 0 Å². The predicted molar refractivity (Wildman–Crippen MR) is 35.9 cm³/mol. The molecule has 1 aliphatic carbocycles. The van der Waals surface area contributed by atoms with Crippen LogP contribution in [-0.2, 0) is 0 Å². The Morgan fingerprint density at radius 2 is 2.67 bits per heavy atom. The minimum Gasteiger partial charge on any atom is -0.0893 e. The Bertz CT molecular complexity index is 196. The minimum atomic E-state index is 0.493. The predicted octanol–water partition coefficient (Wildman–Crippen LogP) is 2.18. The van der Waals surface area contributed by atoms with Crippen LogP contribution >= 0.6 is 0 Å². The fourth-order valence-corrected chi connectivity index (χ4v) is 0.737. The third-order valence-electron chi connectivity index (χ3n) is 1.16. The standard InChI is InChI=1S/C6H7N3/c7-9-8-5-6-3-1-2-4-6/h1,3-4H,2,5H2. The van der Waals surface area contributed by atoms with Crippen molar-refractivity contribution in [2.24, 2.45) is 5.11 Å². The van der Waals surface area contributed by atoms with Crippen LogP contribution in [0.25, 0.3) is 10.4 Å². The van der Waals surface area contributed by atoms with Gasteiger partial charge in [-0.25, -0.2) is 0 Å². The molecule has 3 nitrogen and oxygen atoms in total. The summed E-state index contributed by atoms with van der Waals surface area (Å²) in [6.07, 6.45) is 7.06. The maximum absolute atomic E-state index is 7.93. The average molecular weight is 121 g/mol. The molecular weight excluding hydrogens is 114 g/mol. The van der Waals surface area contributed by atoms with Crippen molar-refractivity contribution in [3.8, 4) is 0 Å². The summed E-state index contributed by atoms with van der Waals surface area (Å²) in [7, 11) is 0. The van der Waals surface area contributed by atoms with Crippen molar-refractivity contribution < 1.29 is 0 Å². The molecule has 0 aliphatic heterocycles. The molecule has 0 radical (unpaired) electrons. The zero-order valence-corrected chi connectivity index (χ0v) is 4.99. The number of hydrogen-bond acceptors (Lipinski definition) is 1. The first-order chi connectivity index (χ1) is 4.43. The van der Waals surface area contributed by atoms with Crippen LogP contribution < -0.4 is 0 Å². The van der Waals surface area contributed by atoms with E-state index in [1.807, 2.05) is 12.2 Å². The summed E-state index contributed by atoms with van der Waals surface area (Å²) >= 11 is 0. The molecule has 1 rings (SSSR count). The van der Waals surface area contributed by atoms with Crippen LogP contribution in [0, 0.1) is 0 Å². The summed E-state index contributed by atoms with van der Waals surface area (Å²) < 4.78 is 0. The van der Waals surface area contributed by atoms with Crippen molar-refractivity contribution in [1.29, 1.82) is 0 Å². The Morgan fingerprint density at radius 1 is 1.78 bits per heavy atom. The fraction of sp³-hybridized carbons (Fsp3) is 0.333. The second-order valence-corrected chi connectivity index (χ2v) is 1.81. The lowest BCUT2D eigenvalue weighted by Gasteiger charge is -1.85. The summed E-state index contributed by atoms with van der Waals surface area (Å²) in [5.74, 6) is 0. The molecule has 0 fully saturated rings.